The molecule has 2 rings (SSSR count). The number of aliphatic carboxylic acids is 1. The number of piperidine rings is 1. The minimum Gasteiger partial charge on any atom is -0.481 e. The molecule has 1 aromatic rings. The van der Waals surface area contributed by atoms with Gasteiger partial charge in [0.15, 0.2) is 0 Å². The number of carbonyl (C=O) groups is 1. The molecule has 0 aromatic heterocycles. The highest BCUT2D eigenvalue weighted by Crippen LogP contribution is 2.23. The Morgan fingerprint density at radius 2 is 2.06 bits per heavy atom. The Hall–Kier alpha value is -1.71. The average molecular weight is 220 g/mol. The van der Waals surface area contributed by atoms with Crippen molar-refractivity contribution in [1.82, 2.24) is 0 Å². The highest BCUT2D eigenvalue weighted by Gasteiger charge is 2.25. The lowest BCUT2D eigenvalue weighted by Gasteiger charge is -2.32. The van der Waals surface area contributed by atoms with Gasteiger partial charge in [0.05, 0.1) is 5.92 Å². The summed E-state index contributed by atoms with van der Waals surface area (Å²) >= 11 is 0. The van der Waals surface area contributed by atoms with Crippen molar-refractivity contribution in [3.63, 3.8) is 0 Å². The third-order valence-electron chi connectivity index (χ3n) is 3.03. The second-order valence-electron chi connectivity index (χ2n) is 4.21. The van der Waals surface area contributed by atoms with Crippen molar-refractivity contribution in [2.75, 3.05) is 23.7 Å². The predicted molar refractivity (Wildman–Crippen MR) is 63.4 cm³/mol. The molecule has 4 nitrogen and oxygen atoms in total. The van der Waals surface area contributed by atoms with Crippen molar-refractivity contribution in [3.8, 4) is 0 Å². The number of nitrogens with zero attached hydrogens (tertiary/aromatic N) is 1. The lowest BCUT2D eigenvalue weighted by Crippen LogP contribution is -2.38. The first-order valence-corrected chi connectivity index (χ1v) is 5.50. The van der Waals surface area contributed by atoms with Gasteiger partial charge in [0.25, 0.3) is 0 Å². The molecule has 16 heavy (non-hydrogen) atoms. The second kappa shape index (κ2) is 4.43. The van der Waals surface area contributed by atoms with E-state index in [-0.39, 0.29) is 5.92 Å². The van der Waals surface area contributed by atoms with E-state index >= 15 is 0 Å². The third kappa shape index (κ3) is 2.27. The van der Waals surface area contributed by atoms with E-state index < -0.39 is 5.97 Å². The lowest BCUT2D eigenvalue weighted by atomic mass is 9.98. The summed E-state index contributed by atoms with van der Waals surface area (Å²) in [6.45, 7) is 1.52. The van der Waals surface area contributed by atoms with Crippen molar-refractivity contribution in [1.29, 1.82) is 0 Å². The molecule has 1 aliphatic heterocycles. The highest BCUT2D eigenvalue weighted by atomic mass is 16.4. The Morgan fingerprint density at radius 3 is 2.69 bits per heavy atom. The van der Waals surface area contributed by atoms with Gasteiger partial charge in [-0.1, -0.05) is 0 Å². The van der Waals surface area contributed by atoms with Crippen LogP contribution in [0.3, 0.4) is 0 Å². The van der Waals surface area contributed by atoms with Crippen molar-refractivity contribution < 1.29 is 9.90 Å². The van der Waals surface area contributed by atoms with Gasteiger partial charge < -0.3 is 15.7 Å². The Kier molecular flexibility index (Phi) is 2.99. The number of benzene rings is 1. The monoisotopic (exact) mass is 220 g/mol. The summed E-state index contributed by atoms with van der Waals surface area (Å²) in [7, 11) is 0. The zero-order chi connectivity index (χ0) is 11.5. The molecule has 1 atom stereocenters. The van der Waals surface area contributed by atoms with Crippen LogP contribution in [0, 0.1) is 5.92 Å². The van der Waals surface area contributed by atoms with Crippen LogP contribution in [0.4, 0.5) is 11.4 Å². The fraction of sp³-hybridized carbons (Fsp3) is 0.417. The van der Waals surface area contributed by atoms with Gasteiger partial charge in [0.1, 0.15) is 0 Å². The number of carboxylic acids is 1. The second-order valence-corrected chi connectivity index (χ2v) is 4.21. The van der Waals surface area contributed by atoms with E-state index in [0.717, 1.165) is 30.8 Å². The summed E-state index contributed by atoms with van der Waals surface area (Å²) in [6, 6.07) is 7.58. The summed E-state index contributed by atoms with van der Waals surface area (Å²) < 4.78 is 0. The third-order valence-corrected chi connectivity index (χ3v) is 3.03. The van der Waals surface area contributed by atoms with E-state index in [1.807, 2.05) is 24.3 Å². The van der Waals surface area contributed by atoms with Crippen LogP contribution in [0.15, 0.2) is 24.3 Å². The van der Waals surface area contributed by atoms with E-state index in [4.69, 9.17) is 10.8 Å². The van der Waals surface area contributed by atoms with Gasteiger partial charge in [-0.05, 0) is 37.1 Å². The molecule has 0 spiro atoms. The first kappa shape index (κ1) is 10.8. The molecule has 0 saturated carbocycles. The van der Waals surface area contributed by atoms with E-state index in [2.05, 4.69) is 4.90 Å². The Balaban J connectivity index is 2.09. The van der Waals surface area contributed by atoms with Crippen LogP contribution in [0.5, 0.6) is 0 Å². The van der Waals surface area contributed by atoms with Crippen molar-refractivity contribution in [2.24, 2.45) is 5.92 Å². The maximum atomic E-state index is 10.9. The summed E-state index contributed by atoms with van der Waals surface area (Å²) in [5.74, 6) is -0.938. The molecule has 3 N–H and O–H groups in total. The fourth-order valence-corrected chi connectivity index (χ4v) is 2.10. The molecule has 1 heterocycles. The lowest BCUT2D eigenvalue weighted by molar-refractivity contribution is -0.141. The minimum absolute atomic E-state index is 0.244. The molecule has 1 aromatic carbocycles. The highest BCUT2D eigenvalue weighted by molar-refractivity contribution is 5.71. The van der Waals surface area contributed by atoms with Crippen LogP contribution in [0.25, 0.3) is 0 Å². The Labute approximate surface area is 94.7 Å². The molecule has 0 aliphatic carbocycles. The van der Waals surface area contributed by atoms with Gasteiger partial charge in [-0.3, -0.25) is 4.79 Å². The standard InChI is InChI=1S/C12H16N2O2/c13-10-3-5-11(6-4-10)14-7-1-2-9(8-14)12(15)16/h3-6,9H,1-2,7-8,13H2,(H,15,16). The largest absolute Gasteiger partial charge is 0.481 e. The number of anilines is 2. The normalized spacial score (nSPS) is 20.8. The topological polar surface area (TPSA) is 66.6 Å². The van der Waals surface area contributed by atoms with Crippen LogP contribution in [0.2, 0.25) is 0 Å². The number of rotatable bonds is 2. The quantitative estimate of drug-likeness (QED) is 0.742. The molecule has 0 amide bonds. The van der Waals surface area contributed by atoms with E-state index in [0.29, 0.717) is 6.54 Å². The van der Waals surface area contributed by atoms with Crippen LogP contribution >= 0.6 is 0 Å². The van der Waals surface area contributed by atoms with Crippen LogP contribution in [0.1, 0.15) is 12.8 Å². The van der Waals surface area contributed by atoms with Crippen molar-refractivity contribution in [2.45, 2.75) is 12.8 Å². The maximum absolute atomic E-state index is 10.9. The van der Waals surface area contributed by atoms with Gasteiger partial charge in [0.2, 0.25) is 0 Å². The molecule has 0 bridgehead atoms. The molecule has 1 fully saturated rings. The zero-order valence-electron chi connectivity index (χ0n) is 9.10. The molecular formula is C12H16N2O2. The number of nitrogens with two attached hydrogens (primary N) is 1. The summed E-state index contributed by atoms with van der Waals surface area (Å²) in [4.78, 5) is 13.1. The molecule has 1 saturated heterocycles. The number of nitrogen functional groups attached to an aromatic ring is 1. The Bertz CT molecular complexity index is 375. The molecule has 4 heteroatoms. The number of hydrogen-bond acceptors (Lipinski definition) is 3. The molecule has 1 unspecified atom stereocenters. The smallest absolute Gasteiger partial charge is 0.308 e. The maximum Gasteiger partial charge on any atom is 0.308 e. The Morgan fingerprint density at radius 1 is 1.38 bits per heavy atom. The van der Waals surface area contributed by atoms with E-state index in [9.17, 15) is 4.79 Å². The van der Waals surface area contributed by atoms with Gasteiger partial charge in [-0.25, -0.2) is 0 Å². The van der Waals surface area contributed by atoms with Gasteiger partial charge >= 0.3 is 5.97 Å². The summed E-state index contributed by atoms with van der Waals surface area (Å²) in [5, 5.41) is 9.00. The molecular weight excluding hydrogens is 204 g/mol. The zero-order valence-corrected chi connectivity index (χ0v) is 9.10. The van der Waals surface area contributed by atoms with E-state index in [1.165, 1.54) is 0 Å². The van der Waals surface area contributed by atoms with Gasteiger partial charge in [-0.2, -0.15) is 0 Å². The van der Waals surface area contributed by atoms with Crippen LogP contribution in [-0.4, -0.2) is 24.2 Å². The fourth-order valence-electron chi connectivity index (χ4n) is 2.10. The van der Waals surface area contributed by atoms with E-state index in [1.54, 1.807) is 0 Å². The number of carboxylic acid groups (broad SMARTS) is 1. The predicted octanol–water partition coefficient (Wildman–Crippen LogP) is 1.57. The SMILES string of the molecule is Nc1ccc(N2CCCC(C(=O)O)C2)cc1. The first-order valence-electron chi connectivity index (χ1n) is 5.50. The molecule has 0 radical (unpaired) electrons. The van der Waals surface area contributed by atoms with Crippen molar-refractivity contribution in [3.05, 3.63) is 24.3 Å². The van der Waals surface area contributed by atoms with Gasteiger partial charge in [0, 0.05) is 24.5 Å². The molecule has 1 aliphatic rings. The average Bonchev–Trinajstić information content (AvgIpc) is 2.30. The van der Waals surface area contributed by atoms with Crippen LogP contribution in [-0.2, 0) is 4.79 Å². The van der Waals surface area contributed by atoms with Crippen LogP contribution < -0.4 is 10.6 Å². The van der Waals surface area contributed by atoms with Crippen molar-refractivity contribution >= 4 is 17.3 Å². The summed E-state index contributed by atoms with van der Waals surface area (Å²) in [5.41, 5.74) is 7.41. The first-order chi connectivity index (χ1) is 7.66. The molecule has 86 valence electrons. The minimum atomic E-state index is -0.694. The summed E-state index contributed by atoms with van der Waals surface area (Å²) in [6.07, 6.45) is 1.71. The van der Waals surface area contributed by atoms with Gasteiger partial charge in [-0.15, -0.1) is 0 Å². The number of hydrogen-bond donors (Lipinski definition) is 2.